The van der Waals surface area contributed by atoms with Crippen LogP contribution in [-0.4, -0.2) is 33.4 Å². The van der Waals surface area contributed by atoms with E-state index in [9.17, 15) is 9.59 Å². The Labute approximate surface area is 167 Å². The van der Waals surface area contributed by atoms with Gasteiger partial charge in [0, 0.05) is 29.7 Å². The number of likely N-dealkylation sites (N-methyl/N-ethyl adjacent to an activating group) is 1. The van der Waals surface area contributed by atoms with Crippen LogP contribution < -0.4 is 10.6 Å². The van der Waals surface area contributed by atoms with Gasteiger partial charge in [0.2, 0.25) is 5.91 Å². The largest absolute Gasteiger partial charge is 0.368 e. The predicted octanol–water partition coefficient (Wildman–Crippen LogP) is 2.73. The van der Waals surface area contributed by atoms with Crippen molar-refractivity contribution in [1.82, 2.24) is 9.47 Å². The molecule has 2 heterocycles. The number of nitrogens with two attached hydrogens (primary N) is 1. The lowest BCUT2D eigenvalue weighted by atomic mass is 10.1. The second kappa shape index (κ2) is 6.94. The molecule has 1 aliphatic heterocycles. The molecule has 1 aliphatic rings. The van der Waals surface area contributed by atoms with Crippen molar-refractivity contribution < 1.29 is 9.59 Å². The van der Waals surface area contributed by atoms with Crippen molar-refractivity contribution in [3.63, 3.8) is 0 Å². The van der Waals surface area contributed by atoms with Crippen molar-refractivity contribution in [2.24, 2.45) is 5.73 Å². The third-order valence-electron chi connectivity index (χ3n) is 4.71. The number of primary amides is 1. The Hall–Kier alpha value is -3.45. The summed E-state index contributed by atoms with van der Waals surface area (Å²) < 4.78 is 1.79. The van der Waals surface area contributed by atoms with E-state index in [4.69, 9.17) is 18.0 Å². The number of rotatable bonds is 4. The van der Waals surface area contributed by atoms with E-state index in [-0.39, 0.29) is 12.5 Å². The molecule has 2 amide bonds. The van der Waals surface area contributed by atoms with Gasteiger partial charge in [0.15, 0.2) is 5.11 Å². The second-order valence-electron chi connectivity index (χ2n) is 6.54. The highest BCUT2D eigenvalue weighted by atomic mass is 32.1. The molecule has 1 fully saturated rings. The Morgan fingerprint density at radius 3 is 2.50 bits per heavy atom. The lowest BCUT2D eigenvalue weighted by Crippen LogP contribution is -2.30. The summed E-state index contributed by atoms with van der Waals surface area (Å²) in [4.78, 5) is 27.7. The van der Waals surface area contributed by atoms with Gasteiger partial charge in [0.25, 0.3) is 5.91 Å². The van der Waals surface area contributed by atoms with Gasteiger partial charge in [-0.15, -0.1) is 0 Å². The zero-order chi connectivity index (χ0) is 19.8. The molecule has 2 aromatic carbocycles. The van der Waals surface area contributed by atoms with E-state index >= 15 is 0 Å². The number of para-hydroxylation sites is 2. The van der Waals surface area contributed by atoms with Crippen LogP contribution in [0.2, 0.25) is 0 Å². The maximum atomic E-state index is 13.1. The van der Waals surface area contributed by atoms with Gasteiger partial charge in [0.05, 0.1) is 5.69 Å². The van der Waals surface area contributed by atoms with Crippen LogP contribution in [0, 0.1) is 0 Å². The number of carbonyl (C=O) groups is 2. The molecule has 7 heteroatoms. The summed E-state index contributed by atoms with van der Waals surface area (Å²) in [5, 5.41) is 1.35. The summed E-state index contributed by atoms with van der Waals surface area (Å²) in [5.41, 5.74) is 8.27. The molecular formula is C21H18N4O2S. The molecule has 3 aromatic rings. The van der Waals surface area contributed by atoms with Crippen LogP contribution in [0.3, 0.4) is 0 Å². The van der Waals surface area contributed by atoms with Crippen LogP contribution in [0.5, 0.6) is 0 Å². The van der Waals surface area contributed by atoms with Gasteiger partial charge < -0.3 is 15.2 Å². The van der Waals surface area contributed by atoms with Crippen LogP contribution in [0.25, 0.3) is 17.0 Å². The fourth-order valence-electron chi connectivity index (χ4n) is 3.40. The second-order valence-corrected chi connectivity index (χ2v) is 6.91. The van der Waals surface area contributed by atoms with Gasteiger partial charge in [0.1, 0.15) is 12.2 Å². The van der Waals surface area contributed by atoms with Crippen molar-refractivity contribution in [2.75, 3.05) is 11.9 Å². The number of thiocarbonyl (C=S) groups is 1. The lowest BCUT2D eigenvalue weighted by molar-refractivity contribution is -0.118. The number of amides is 2. The smallest absolute Gasteiger partial charge is 0.281 e. The van der Waals surface area contributed by atoms with Gasteiger partial charge in [-0.05, 0) is 36.5 Å². The van der Waals surface area contributed by atoms with E-state index in [0.717, 1.165) is 22.2 Å². The molecule has 0 unspecified atom stereocenters. The predicted molar refractivity (Wildman–Crippen MR) is 113 cm³/mol. The standard InChI is InChI=1S/C21H18N4O2S/c1-23-18(20(27)25(21(23)28)15-7-3-2-4-8-15)11-14-12-24(13-19(22)26)17-10-6-5-9-16(14)17/h2-12H,13H2,1H3,(H2,22,26)/b18-11-. The molecule has 0 aliphatic carbocycles. The first-order valence-electron chi connectivity index (χ1n) is 8.72. The van der Waals surface area contributed by atoms with E-state index in [1.165, 1.54) is 4.90 Å². The van der Waals surface area contributed by atoms with Gasteiger partial charge >= 0.3 is 0 Å². The van der Waals surface area contributed by atoms with Crippen molar-refractivity contribution in [1.29, 1.82) is 0 Å². The Bertz CT molecular complexity index is 1130. The number of hydrogen-bond acceptors (Lipinski definition) is 3. The van der Waals surface area contributed by atoms with E-state index in [1.54, 1.807) is 22.6 Å². The lowest BCUT2D eigenvalue weighted by Gasteiger charge is -2.16. The van der Waals surface area contributed by atoms with Crippen LogP contribution in [-0.2, 0) is 16.1 Å². The van der Waals surface area contributed by atoms with Crippen molar-refractivity contribution in [2.45, 2.75) is 6.54 Å². The van der Waals surface area contributed by atoms with Gasteiger partial charge in [-0.1, -0.05) is 36.4 Å². The molecular weight excluding hydrogens is 372 g/mol. The molecule has 28 heavy (non-hydrogen) atoms. The van der Waals surface area contributed by atoms with Gasteiger partial charge in [-0.25, -0.2) is 0 Å². The molecule has 4 rings (SSSR count). The van der Waals surface area contributed by atoms with E-state index in [0.29, 0.717) is 10.8 Å². The minimum absolute atomic E-state index is 0.0715. The zero-order valence-electron chi connectivity index (χ0n) is 15.2. The fourth-order valence-corrected chi connectivity index (χ4v) is 3.68. The summed E-state index contributed by atoms with van der Waals surface area (Å²) in [7, 11) is 1.78. The van der Waals surface area contributed by atoms with E-state index in [2.05, 4.69) is 0 Å². The number of aromatic nitrogens is 1. The number of fused-ring (bicyclic) bond motifs is 1. The number of hydrogen-bond donors (Lipinski definition) is 1. The number of benzene rings is 2. The number of nitrogens with zero attached hydrogens (tertiary/aromatic N) is 3. The summed E-state index contributed by atoms with van der Waals surface area (Å²) in [6.45, 7) is 0.0715. The van der Waals surface area contributed by atoms with Crippen LogP contribution in [0.4, 0.5) is 5.69 Å². The summed E-state index contributed by atoms with van der Waals surface area (Å²) in [5.74, 6) is -0.615. The SMILES string of the molecule is CN1C(=S)N(c2ccccc2)C(=O)/C1=C/c1cn(CC(N)=O)c2ccccc12. The third-order valence-corrected chi connectivity index (χ3v) is 5.17. The molecule has 0 radical (unpaired) electrons. The van der Waals surface area contributed by atoms with Gasteiger partial charge in [-0.2, -0.15) is 0 Å². The van der Waals surface area contributed by atoms with Crippen molar-refractivity contribution >= 4 is 51.8 Å². The number of anilines is 1. The summed E-state index contributed by atoms with van der Waals surface area (Å²) >= 11 is 5.50. The molecule has 1 aromatic heterocycles. The topological polar surface area (TPSA) is 71.6 Å². The van der Waals surface area contributed by atoms with Crippen LogP contribution in [0.15, 0.2) is 66.5 Å². The first kappa shape index (κ1) is 17.9. The molecule has 0 spiro atoms. The Kier molecular flexibility index (Phi) is 4.44. The summed E-state index contributed by atoms with van der Waals surface area (Å²) in [6, 6.07) is 17.0. The maximum absolute atomic E-state index is 13.1. The maximum Gasteiger partial charge on any atom is 0.281 e. The van der Waals surface area contributed by atoms with E-state index in [1.807, 2.05) is 60.8 Å². The minimum atomic E-state index is -0.426. The van der Waals surface area contributed by atoms with Crippen molar-refractivity contribution in [3.05, 3.63) is 72.1 Å². The summed E-state index contributed by atoms with van der Waals surface area (Å²) in [6.07, 6.45) is 3.63. The fraction of sp³-hybridized carbons (Fsp3) is 0.0952. The van der Waals surface area contributed by atoms with Gasteiger partial charge in [-0.3, -0.25) is 14.5 Å². The Morgan fingerprint density at radius 1 is 1.11 bits per heavy atom. The van der Waals surface area contributed by atoms with Crippen LogP contribution in [0.1, 0.15) is 5.56 Å². The highest BCUT2D eigenvalue weighted by Gasteiger charge is 2.36. The Balaban J connectivity index is 1.80. The molecule has 0 bridgehead atoms. The highest BCUT2D eigenvalue weighted by molar-refractivity contribution is 7.80. The minimum Gasteiger partial charge on any atom is -0.368 e. The zero-order valence-corrected chi connectivity index (χ0v) is 16.0. The monoisotopic (exact) mass is 390 g/mol. The molecule has 2 N–H and O–H groups in total. The Morgan fingerprint density at radius 2 is 1.79 bits per heavy atom. The van der Waals surface area contributed by atoms with Crippen molar-refractivity contribution in [3.8, 4) is 0 Å². The van der Waals surface area contributed by atoms with Crippen LogP contribution >= 0.6 is 12.2 Å². The quantitative estimate of drug-likeness (QED) is 0.549. The molecule has 0 saturated carbocycles. The normalized spacial score (nSPS) is 15.8. The third kappa shape index (κ3) is 2.95. The number of carbonyl (C=O) groups excluding carboxylic acids is 2. The molecule has 6 nitrogen and oxygen atoms in total. The molecule has 1 saturated heterocycles. The molecule has 0 atom stereocenters. The average Bonchev–Trinajstić information content (AvgIpc) is 3.13. The first-order chi connectivity index (χ1) is 13.5. The molecule has 140 valence electrons. The first-order valence-corrected chi connectivity index (χ1v) is 9.13. The highest BCUT2D eigenvalue weighted by Crippen LogP contribution is 2.30. The average molecular weight is 390 g/mol. The van der Waals surface area contributed by atoms with E-state index < -0.39 is 5.91 Å².